The fourth-order valence-electron chi connectivity index (χ4n) is 4.14. The number of nitrogens with two attached hydrogens (primary N) is 1. The molecule has 3 N–H and O–H groups in total. The van der Waals surface area contributed by atoms with Crippen molar-refractivity contribution in [1.29, 1.82) is 15.8 Å². The minimum Gasteiger partial charge on any atom is -0.508 e. The second-order valence-electron chi connectivity index (χ2n) is 6.87. The number of nitriles is 3. The molecule has 29 heavy (non-hydrogen) atoms. The van der Waals surface area contributed by atoms with Crippen LogP contribution >= 0.6 is 0 Å². The topological polar surface area (TPSA) is 147 Å². The molecule has 8 nitrogen and oxygen atoms in total. The van der Waals surface area contributed by atoms with Crippen LogP contribution in [0.5, 0.6) is 5.75 Å². The van der Waals surface area contributed by atoms with Gasteiger partial charge in [0.05, 0.1) is 30.0 Å². The summed E-state index contributed by atoms with van der Waals surface area (Å²) in [6, 6.07) is 12.3. The van der Waals surface area contributed by atoms with Gasteiger partial charge in [-0.25, -0.2) is 4.79 Å². The first-order valence-corrected chi connectivity index (χ1v) is 9.07. The number of aromatic hydroxyl groups is 1. The SMILES string of the molecule is CCOC(=O)N1CC=C2C(C#N)=C(N)C(C#N)(C#N)C(c3cccc(O)c3)C2C1. The number of benzene rings is 1. The molecule has 0 saturated heterocycles. The summed E-state index contributed by atoms with van der Waals surface area (Å²) in [5.41, 5.74) is 5.50. The summed E-state index contributed by atoms with van der Waals surface area (Å²) in [6.07, 6.45) is 1.20. The lowest BCUT2D eigenvalue weighted by molar-refractivity contribution is 0.0999. The molecule has 2 aliphatic rings. The Bertz CT molecular complexity index is 1020. The first kappa shape index (κ1) is 19.8. The standard InChI is InChI=1S/C21H19N5O3/c1-2-29-20(28)26-7-6-15-16(9-22)19(25)21(11-23,12-24)18(17(15)10-26)13-4-3-5-14(27)8-13/h3-6,8,17-18,27H,2,7,10,25H2,1H3. The number of hydrogen-bond donors (Lipinski definition) is 2. The molecule has 0 radical (unpaired) electrons. The summed E-state index contributed by atoms with van der Waals surface area (Å²) in [4.78, 5) is 13.8. The zero-order chi connectivity index (χ0) is 21.2. The summed E-state index contributed by atoms with van der Waals surface area (Å²) < 4.78 is 5.09. The highest BCUT2D eigenvalue weighted by Crippen LogP contribution is 2.54. The minimum atomic E-state index is -1.82. The fourth-order valence-corrected chi connectivity index (χ4v) is 4.14. The molecule has 1 amide bonds. The molecule has 2 atom stereocenters. The number of hydrogen-bond acceptors (Lipinski definition) is 7. The Kier molecular flexibility index (Phi) is 5.17. The van der Waals surface area contributed by atoms with Crippen LogP contribution in [0.1, 0.15) is 18.4 Å². The highest BCUT2D eigenvalue weighted by atomic mass is 16.6. The summed E-state index contributed by atoms with van der Waals surface area (Å²) in [7, 11) is 0. The van der Waals surface area contributed by atoms with Crippen LogP contribution in [0, 0.1) is 45.3 Å². The van der Waals surface area contributed by atoms with E-state index in [1.807, 2.05) is 18.2 Å². The average Bonchev–Trinajstić information content (AvgIpc) is 2.73. The molecule has 1 aromatic rings. The lowest BCUT2D eigenvalue weighted by Crippen LogP contribution is -2.49. The second-order valence-corrected chi connectivity index (χ2v) is 6.87. The molecule has 0 spiro atoms. The molecular formula is C21H19N5O3. The van der Waals surface area contributed by atoms with E-state index < -0.39 is 23.3 Å². The maximum Gasteiger partial charge on any atom is 0.410 e. The Hall–Kier alpha value is -3.96. The molecule has 146 valence electrons. The molecule has 1 aromatic carbocycles. The number of ether oxygens (including phenoxy) is 1. The van der Waals surface area contributed by atoms with Crippen molar-refractivity contribution in [2.75, 3.05) is 19.7 Å². The van der Waals surface area contributed by atoms with Crippen LogP contribution in [-0.2, 0) is 4.74 Å². The van der Waals surface area contributed by atoms with E-state index in [-0.39, 0.29) is 36.7 Å². The number of rotatable bonds is 2. The average molecular weight is 389 g/mol. The van der Waals surface area contributed by atoms with Crippen molar-refractivity contribution in [3.05, 3.63) is 52.7 Å². The summed E-state index contributed by atoms with van der Waals surface area (Å²) in [5.74, 6) is -1.36. The number of carbonyl (C=O) groups excluding carboxylic acids is 1. The Balaban J connectivity index is 2.24. The maximum atomic E-state index is 12.3. The van der Waals surface area contributed by atoms with Crippen molar-refractivity contribution < 1.29 is 14.6 Å². The summed E-state index contributed by atoms with van der Waals surface area (Å²) in [6.45, 7) is 2.28. The van der Waals surface area contributed by atoms with Crippen molar-refractivity contribution in [1.82, 2.24) is 4.90 Å². The molecule has 8 heteroatoms. The minimum absolute atomic E-state index is 0.0236. The number of phenols is 1. The normalized spacial score (nSPS) is 22.4. The molecule has 1 aliphatic carbocycles. The first-order valence-electron chi connectivity index (χ1n) is 9.07. The zero-order valence-electron chi connectivity index (χ0n) is 15.8. The van der Waals surface area contributed by atoms with Crippen LogP contribution < -0.4 is 5.73 Å². The van der Waals surface area contributed by atoms with Crippen LogP contribution in [0.25, 0.3) is 0 Å². The van der Waals surface area contributed by atoms with Crippen molar-refractivity contribution in [2.45, 2.75) is 12.8 Å². The van der Waals surface area contributed by atoms with Gasteiger partial charge in [-0.05, 0) is 30.2 Å². The van der Waals surface area contributed by atoms with Crippen LogP contribution in [0.15, 0.2) is 47.2 Å². The monoisotopic (exact) mass is 389 g/mol. The third-order valence-corrected chi connectivity index (χ3v) is 5.42. The molecule has 0 fully saturated rings. The third-order valence-electron chi connectivity index (χ3n) is 5.42. The number of fused-ring (bicyclic) bond motifs is 1. The predicted octanol–water partition coefficient (Wildman–Crippen LogP) is 2.27. The Labute approximate surface area is 168 Å². The van der Waals surface area contributed by atoms with E-state index >= 15 is 0 Å². The van der Waals surface area contributed by atoms with Gasteiger partial charge < -0.3 is 20.5 Å². The van der Waals surface area contributed by atoms with Gasteiger partial charge in [-0.15, -0.1) is 0 Å². The Morgan fingerprint density at radius 2 is 2.10 bits per heavy atom. The van der Waals surface area contributed by atoms with Crippen molar-refractivity contribution in [3.8, 4) is 24.0 Å². The molecule has 2 unspecified atom stereocenters. The molecule has 0 aromatic heterocycles. The van der Waals surface area contributed by atoms with E-state index in [2.05, 4.69) is 0 Å². The van der Waals surface area contributed by atoms with Gasteiger partial charge in [-0.1, -0.05) is 18.2 Å². The van der Waals surface area contributed by atoms with Gasteiger partial charge in [0, 0.05) is 24.9 Å². The van der Waals surface area contributed by atoms with Crippen LogP contribution in [0.4, 0.5) is 4.79 Å². The first-order chi connectivity index (χ1) is 13.9. The molecule has 0 bridgehead atoms. The van der Waals surface area contributed by atoms with E-state index in [4.69, 9.17) is 10.5 Å². The van der Waals surface area contributed by atoms with Crippen molar-refractivity contribution >= 4 is 6.09 Å². The molecule has 3 rings (SSSR count). The lowest BCUT2D eigenvalue weighted by atomic mass is 9.58. The van der Waals surface area contributed by atoms with Crippen molar-refractivity contribution in [3.63, 3.8) is 0 Å². The molecule has 0 saturated carbocycles. The lowest BCUT2D eigenvalue weighted by Gasteiger charge is -2.45. The van der Waals surface area contributed by atoms with E-state index in [9.17, 15) is 25.7 Å². The molecular weight excluding hydrogens is 370 g/mol. The van der Waals surface area contributed by atoms with E-state index in [0.29, 0.717) is 11.1 Å². The smallest absolute Gasteiger partial charge is 0.410 e. The zero-order valence-corrected chi connectivity index (χ0v) is 15.8. The number of carbonyl (C=O) groups is 1. The number of phenolic OH excluding ortho intramolecular Hbond substituents is 1. The largest absolute Gasteiger partial charge is 0.508 e. The number of allylic oxidation sites excluding steroid dienone is 2. The van der Waals surface area contributed by atoms with Gasteiger partial charge in [0.15, 0.2) is 5.41 Å². The number of amides is 1. The van der Waals surface area contributed by atoms with Gasteiger partial charge >= 0.3 is 6.09 Å². The van der Waals surface area contributed by atoms with Crippen LogP contribution in [-0.4, -0.2) is 35.8 Å². The second kappa shape index (κ2) is 7.58. The quantitative estimate of drug-likeness (QED) is 0.788. The molecule has 1 aliphatic heterocycles. The van der Waals surface area contributed by atoms with E-state index in [1.54, 1.807) is 25.1 Å². The van der Waals surface area contributed by atoms with Crippen LogP contribution in [0.2, 0.25) is 0 Å². The van der Waals surface area contributed by atoms with Gasteiger partial charge in [0.25, 0.3) is 0 Å². The Morgan fingerprint density at radius 3 is 2.69 bits per heavy atom. The summed E-state index contributed by atoms with van der Waals surface area (Å²) in [5, 5.41) is 39.6. The number of nitrogens with zero attached hydrogens (tertiary/aromatic N) is 4. The van der Waals surface area contributed by atoms with Gasteiger partial charge in [0.2, 0.25) is 0 Å². The fraction of sp³-hybridized carbons (Fsp3) is 0.333. The third kappa shape index (κ3) is 3.03. The Morgan fingerprint density at radius 1 is 1.38 bits per heavy atom. The molecule has 1 heterocycles. The van der Waals surface area contributed by atoms with E-state index in [1.165, 1.54) is 17.0 Å². The van der Waals surface area contributed by atoms with Gasteiger partial charge in [-0.2, -0.15) is 15.8 Å². The van der Waals surface area contributed by atoms with Crippen LogP contribution in [0.3, 0.4) is 0 Å². The van der Waals surface area contributed by atoms with Crippen molar-refractivity contribution in [2.24, 2.45) is 17.1 Å². The van der Waals surface area contributed by atoms with Gasteiger partial charge in [-0.3, -0.25) is 0 Å². The highest BCUT2D eigenvalue weighted by Gasteiger charge is 2.54. The van der Waals surface area contributed by atoms with E-state index in [0.717, 1.165) is 0 Å². The predicted molar refractivity (Wildman–Crippen MR) is 102 cm³/mol. The maximum absolute atomic E-state index is 12.3. The highest BCUT2D eigenvalue weighted by molar-refractivity contribution is 5.69. The van der Waals surface area contributed by atoms with Gasteiger partial charge in [0.1, 0.15) is 11.8 Å². The summed E-state index contributed by atoms with van der Waals surface area (Å²) >= 11 is 0.